The van der Waals surface area contributed by atoms with Gasteiger partial charge < -0.3 is 5.11 Å². The smallest absolute Gasteiger partial charge is 0.309 e. The van der Waals surface area contributed by atoms with Gasteiger partial charge in [-0.1, -0.05) is 48.5 Å². The van der Waals surface area contributed by atoms with E-state index in [0.717, 1.165) is 44.9 Å². The fraction of sp³-hybridized carbons (Fsp3) is 0.933. The molecule has 9 atom stereocenters. The van der Waals surface area contributed by atoms with E-state index in [1.807, 2.05) is 0 Å². The summed E-state index contributed by atoms with van der Waals surface area (Å²) in [5.41, 5.74) is -0.0101. The molecule has 5 aliphatic carbocycles. The van der Waals surface area contributed by atoms with Gasteiger partial charge in [-0.25, -0.2) is 0 Å². The first-order valence-electron chi connectivity index (χ1n) is 14.0. The van der Waals surface area contributed by atoms with Crippen LogP contribution in [0.2, 0.25) is 0 Å². The summed E-state index contributed by atoms with van der Waals surface area (Å²) < 4.78 is 0. The lowest BCUT2D eigenvalue weighted by atomic mass is 9.32. The van der Waals surface area contributed by atoms with E-state index in [1.165, 1.54) is 19.3 Å². The van der Waals surface area contributed by atoms with Crippen molar-refractivity contribution < 1.29 is 14.7 Å². The van der Waals surface area contributed by atoms with Gasteiger partial charge in [-0.05, 0) is 110 Å². The predicted molar refractivity (Wildman–Crippen MR) is 132 cm³/mol. The predicted octanol–water partition coefficient (Wildman–Crippen LogP) is 7.38. The molecule has 0 amide bonds. The van der Waals surface area contributed by atoms with Crippen LogP contribution < -0.4 is 0 Å². The van der Waals surface area contributed by atoms with Gasteiger partial charge in [0.05, 0.1) is 5.41 Å². The first-order valence-corrected chi connectivity index (χ1v) is 14.0. The van der Waals surface area contributed by atoms with Gasteiger partial charge in [0.25, 0.3) is 0 Å². The minimum Gasteiger partial charge on any atom is -0.481 e. The van der Waals surface area contributed by atoms with E-state index in [9.17, 15) is 14.7 Å². The second kappa shape index (κ2) is 7.10. The number of carbonyl (C=O) groups excluding carboxylic acids is 1. The van der Waals surface area contributed by atoms with Gasteiger partial charge in [0, 0.05) is 11.8 Å². The molecule has 0 heterocycles. The van der Waals surface area contributed by atoms with E-state index in [0.29, 0.717) is 41.3 Å². The number of carboxylic acid groups (broad SMARTS) is 1. The van der Waals surface area contributed by atoms with Crippen molar-refractivity contribution in [2.45, 2.75) is 113 Å². The molecule has 186 valence electrons. The summed E-state index contributed by atoms with van der Waals surface area (Å²) >= 11 is 0. The first-order chi connectivity index (χ1) is 15.3. The van der Waals surface area contributed by atoms with Gasteiger partial charge in [-0.2, -0.15) is 0 Å². The van der Waals surface area contributed by atoms with Crippen LogP contribution in [0, 0.1) is 62.6 Å². The zero-order valence-corrected chi connectivity index (χ0v) is 22.3. The summed E-state index contributed by atoms with van der Waals surface area (Å²) in [7, 11) is 0. The van der Waals surface area contributed by atoms with Crippen molar-refractivity contribution in [3.63, 3.8) is 0 Å². The highest BCUT2D eigenvalue weighted by molar-refractivity contribution is 5.85. The van der Waals surface area contributed by atoms with Crippen LogP contribution in [-0.4, -0.2) is 16.9 Å². The molecule has 0 aromatic rings. The zero-order valence-electron chi connectivity index (χ0n) is 22.3. The molecular weight excluding hydrogens is 408 g/mol. The quantitative estimate of drug-likeness (QED) is 0.471. The minimum atomic E-state index is -0.506. The summed E-state index contributed by atoms with van der Waals surface area (Å²) in [5, 5.41) is 10.5. The van der Waals surface area contributed by atoms with E-state index in [4.69, 9.17) is 0 Å². The van der Waals surface area contributed by atoms with E-state index in [1.54, 1.807) is 0 Å². The Hall–Kier alpha value is -0.860. The molecule has 3 heteroatoms. The molecule has 5 saturated carbocycles. The normalized spacial score (nSPS) is 53.1. The van der Waals surface area contributed by atoms with Crippen LogP contribution in [0.3, 0.4) is 0 Å². The number of carbonyl (C=O) groups is 2. The van der Waals surface area contributed by atoms with Gasteiger partial charge in [0.2, 0.25) is 0 Å². The largest absolute Gasteiger partial charge is 0.481 e. The molecule has 0 aromatic heterocycles. The van der Waals surface area contributed by atoms with Crippen molar-refractivity contribution in [3.8, 4) is 0 Å². The third-order valence-electron chi connectivity index (χ3n) is 13.5. The molecule has 33 heavy (non-hydrogen) atoms. The van der Waals surface area contributed by atoms with Crippen molar-refractivity contribution in [3.05, 3.63) is 0 Å². The molecule has 5 rings (SSSR count). The van der Waals surface area contributed by atoms with E-state index < -0.39 is 11.4 Å². The maximum absolute atomic E-state index is 12.9. The number of rotatable bonds is 2. The maximum atomic E-state index is 12.9. The molecule has 3 unspecified atom stereocenters. The fourth-order valence-electron chi connectivity index (χ4n) is 11.6. The van der Waals surface area contributed by atoms with Crippen molar-refractivity contribution in [1.82, 2.24) is 0 Å². The van der Waals surface area contributed by atoms with Crippen LogP contribution >= 0.6 is 0 Å². The lowest BCUT2D eigenvalue weighted by Gasteiger charge is -2.72. The summed E-state index contributed by atoms with van der Waals surface area (Å²) in [5.74, 6) is 3.07. The number of fused-ring (bicyclic) bond motifs is 7. The summed E-state index contributed by atoms with van der Waals surface area (Å²) in [6, 6.07) is 0. The molecule has 0 aromatic carbocycles. The number of carboxylic acids is 1. The van der Waals surface area contributed by atoms with Gasteiger partial charge >= 0.3 is 5.97 Å². The third kappa shape index (κ3) is 2.75. The van der Waals surface area contributed by atoms with E-state index >= 15 is 0 Å². The Kier molecular flexibility index (Phi) is 5.13. The van der Waals surface area contributed by atoms with Crippen LogP contribution in [-0.2, 0) is 9.59 Å². The highest BCUT2D eigenvalue weighted by Gasteiger charge is 2.72. The van der Waals surface area contributed by atoms with E-state index in [-0.39, 0.29) is 21.7 Å². The highest BCUT2D eigenvalue weighted by atomic mass is 16.4. The Morgan fingerprint density at radius 3 is 2.18 bits per heavy atom. The van der Waals surface area contributed by atoms with Crippen molar-refractivity contribution in [2.75, 3.05) is 0 Å². The van der Waals surface area contributed by atoms with Crippen LogP contribution in [0.4, 0.5) is 0 Å². The standard InChI is InChI=1S/C30H48O3/c1-18(2)19-10-15-30(25(32)33)17-16-28(6)20(24(19)30)8-9-22-27(5)13-12-23(31)26(3,4)21(27)11-14-29(22,28)7/h18-22,24H,8-17H2,1-7H3,(H,32,33)/t19?,20-,21?,22-,24?,27+,28-,29-,30+/m1/s1. The number of ketones is 1. The SMILES string of the molecule is CC(C)C1CC[C@]2(C(=O)O)CC[C@]3(C)[C@H](CC[C@@H]4[C@@]5(C)CCC(=O)C(C)(C)C5CC[C@]43C)C12. The number of Topliss-reactive ketones (excluding diaryl/α,β-unsaturated/α-hetero) is 1. The highest BCUT2D eigenvalue weighted by Crippen LogP contribution is 2.77. The average Bonchev–Trinajstić information content (AvgIpc) is 3.13. The van der Waals surface area contributed by atoms with Crippen molar-refractivity contribution >= 4 is 11.8 Å². The van der Waals surface area contributed by atoms with Crippen molar-refractivity contribution in [2.24, 2.45) is 62.6 Å². The summed E-state index contributed by atoms with van der Waals surface area (Å²) in [6.45, 7) is 16.8. The Morgan fingerprint density at radius 1 is 0.848 bits per heavy atom. The summed E-state index contributed by atoms with van der Waals surface area (Å²) in [6.07, 6.45) is 10.5. The number of aliphatic carboxylic acids is 1. The monoisotopic (exact) mass is 456 g/mol. The third-order valence-corrected chi connectivity index (χ3v) is 13.5. The molecule has 0 radical (unpaired) electrons. The average molecular weight is 457 g/mol. The molecule has 0 aliphatic heterocycles. The Bertz CT molecular complexity index is 859. The van der Waals surface area contributed by atoms with Crippen LogP contribution in [0.25, 0.3) is 0 Å². The molecule has 5 aliphatic rings. The molecule has 0 bridgehead atoms. The van der Waals surface area contributed by atoms with Gasteiger partial charge in [-0.3, -0.25) is 9.59 Å². The molecule has 3 nitrogen and oxygen atoms in total. The molecule has 0 saturated heterocycles. The van der Waals surface area contributed by atoms with Crippen LogP contribution in [0.5, 0.6) is 0 Å². The van der Waals surface area contributed by atoms with Crippen LogP contribution in [0.15, 0.2) is 0 Å². The van der Waals surface area contributed by atoms with Gasteiger partial charge in [0.15, 0.2) is 0 Å². The molecular formula is C30H48O3. The topological polar surface area (TPSA) is 54.4 Å². The molecule has 0 spiro atoms. The Balaban J connectivity index is 1.56. The minimum absolute atomic E-state index is 0.203. The maximum Gasteiger partial charge on any atom is 0.309 e. The summed E-state index contributed by atoms with van der Waals surface area (Å²) in [4.78, 5) is 25.7. The first kappa shape index (κ1) is 23.9. The van der Waals surface area contributed by atoms with E-state index in [2.05, 4.69) is 48.5 Å². The Labute approximate surface area is 201 Å². The van der Waals surface area contributed by atoms with Crippen molar-refractivity contribution in [1.29, 1.82) is 0 Å². The number of hydrogen-bond donors (Lipinski definition) is 1. The van der Waals surface area contributed by atoms with Crippen LogP contribution in [0.1, 0.15) is 113 Å². The van der Waals surface area contributed by atoms with Gasteiger partial charge in [-0.15, -0.1) is 0 Å². The molecule has 1 N–H and O–H groups in total. The lowest BCUT2D eigenvalue weighted by Crippen LogP contribution is -2.66. The number of hydrogen-bond acceptors (Lipinski definition) is 2. The molecule has 5 fully saturated rings. The lowest BCUT2D eigenvalue weighted by molar-refractivity contribution is -0.237. The Morgan fingerprint density at radius 2 is 1.55 bits per heavy atom. The fourth-order valence-corrected chi connectivity index (χ4v) is 11.6. The second-order valence-corrected chi connectivity index (χ2v) is 14.7. The second-order valence-electron chi connectivity index (χ2n) is 14.7. The zero-order chi connectivity index (χ0) is 24.2. The van der Waals surface area contributed by atoms with Gasteiger partial charge in [0.1, 0.15) is 5.78 Å².